The van der Waals surface area contributed by atoms with Gasteiger partial charge >= 0.3 is 0 Å². The smallest absolute Gasteiger partial charge is 0.244 e. The van der Waals surface area contributed by atoms with Crippen molar-refractivity contribution < 1.29 is 17.9 Å². The predicted octanol–water partition coefficient (Wildman–Crippen LogP) is 3.35. The standard InChI is InChI=1S/C22H28N2O4S/c1-15-12-13-21(28-3)20(14-15)24(29(4,26)27)16(2)22(25)23-19-11-7-9-17-8-5-6-10-18(17)19/h5-6,8,10,12-14,16,19H,7,9,11H2,1-4H3,(H,23,25)/t16-,19-/m0/s1. The Morgan fingerprint density at radius 2 is 1.97 bits per heavy atom. The largest absolute Gasteiger partial charge is 0.495 e. The first-order valence-electron chi connectivity index (χ1n) is 9.74. The van der Waals surface area contributed by atoms with Crippen molar-refractivity contribution in [2.24, 2.45) is 0 Å². The summed E-state index contributed by atoms with van der Waals surface area (Å²) in [6.07, 6.45) is 3.92. The number of aryl methyl sites for hydroxylation is 2. The van der Waals surface area contributed by atoms with Crippen LogP contribution in [0.4, 0.5) is 5.69 Å². The molecular formula is C22H28N2O4S. The molecule has 2 aromatic carbocycles. The van der Waals surface area contributed by atoms with Gasteiger partial charge in [0.1, 0.15) is 11.8 Å². The van der Waals surface area contributed by atoms with Crippen molar-refractivity contribution >= 4 is 21.6 Å². The number of carbonyl (C=O) groups excluding carboxylic acids is 1. The fourth-order valence-electron chi connectivity index (χ4n) is 3.95. The summed E-state index contributed by atoms with van der Waals surface area (Å²) in [6, 6.07) is 12.3. The summed E-state index contributed by atoms with van der Waals surface area (Å²) in [5.41, 5.74) is 3.58. The average molecular weight is 417 g/mol. The first-order valence-corrected chi connectivity index (χ1v) is 11.6. The lowest BCUT2D eigenvalue weighted by Gasteiger charge is -2.32. The van der Waals surface area contributed by atoms with E-state index in [1.807, 2.05) is 31.2 Å². The molecule has 1 amide bonds. The third-order valence-electron chi connectivity index (χ3n) is 5.35. The Balaban J connectivity index is 1.91. The highest BCUT2D eigenvalue weighted by molar-refractivity contribution is 7.92. The van der Waals surface area contributed by atoms with E-state index in [9.17, 15) is 13.2 Å². The number of fused-ring (bicyclic) bond motifs is 1. The molecule has 0 fully saturated rings. The van der Waals surface area contributed by atoms with Gasteiger partial charge in [0.05, 0.1) is 25.1 Å². The second-order valence-electron chi connectivity index (χ2n) is 7.56. The van der Waals surface area contributed by atoms with Crippen LogP contribution in [0.3, 0.4) is 0 Å². The molecule has 0 bridgehead atoms. The van der Waals surface area contributed by atoms with Gasteiger partial charge in [0, 0.05) is 0 Å². The van der Waals surface area contributed by atoms with Crippen LogP contribution in [-0.4, -0.2) is 33.7 Å². The van der Waals surface area contributed by atoms with Gasteiger partial charge in [0.2, 0.25) is 15.9 Å². The number of nitrogens with zero attached hydrogens (tertiary/aromatic N) is 1. The summed E-state index contributed by atoms with van der Waals surface area (Å²) in [4.78, 5) is 13.1. The summed E-state index contributed by atoms with van der Waals surface area (Å²) in [6.45, 7) is 3.47. The van der Waals surface area contributed by atoms with Crippen LogP contribution in [0.15, 0.2) is 42.5 Å². The highest BCUT2D eigenvalue weighted by Gasteiger charge is 2.33. The third kappa shape index (κ3) is 4.56. The van der Waals surface area contributed by atoms with Crippen molar-refractivity contribution in [2.45, 2.75) is 45.2 Å². The molecule has 1 N–H and O–H groups in total. The van der Waals surface area contributed by atoms with Crippen LogP contribution < -0.4 is 14.4 Å². The Bertz CT molecular complexity index is 1000. The minimum atomic E-state index is -3.72. The Labute approximate surface area is 172 Å². The maximum Gasteiger partial charge on any atom is 0.244 e. The van der Waals surface area contributed by atoms with Gasteiger partial charge in [-0.15, -0.1) is 0 Å². The lowest BCUT2D eigenvalue weighted by Crippen LogP contribution is -2.49. The van der Waals surface area contributed by atoms with Crippen molar-refractivity contribution in [3.63, 3.8) is 0 Å². The highest BCUT2D eigenvalue weighted by Crippen LogP contribution is 2.34. The summed E-state index contributed by atoms with van der Waals surface area (Å²) in [5.74, 6) is 0.0735. The van der Waals surface area contributed by atoms with Crippen molar-refractivity contribution in [1.82, 2.24) is 5.32 Å². The molecule has 7 heteroatoms. The molecule has 29 heavy (non-hydrogen) atoms. The van der Waals surface area contributed by atoms with Crippen LogP contribution in [-0.2, 0) is 21.2 Å². The molecule has 0 spiro atoms. The average Bonchev–Trinajstić information content (AvgIpc) is 2.67. The minimum Gasteiger partial charge on any atom is -0.495 e. The van der Waals surface area contributed by atoms with E-state index in [-0.39, 0.29) is 11.9 Å². The summed E-state index contributed by atoms with van der Waals surface area (Å²) >= 11 is 0. The van der Waals surface area contributed by atoms with Gasteiger partial charge in [0.15, 0.2) is 0 Å². The molecule has 2 atom stereocenters. The molecule has 1 aliphatic carbocycles. The molecule has 0 radical (unpaired) electrons. The van der Waals surface area contributed by atoms with Crippen molar-refractivity contribution in [1.29, 1.82) is 0 Å². The van der Waals surface area contributed by atoms with E-state index in [1.54, 1.807) is 19.1 Å². The number of rotatable bonds is 6. The van der Waals surface area contributed by atoms with Crippen LogP contribution >= 0.6 is 0 Å². The zero-order valence-electron chi connectivity index (χ0n) is 17.3. The van der Waals surface area contributed by atoms with Crippen LogP contribution in [0.5, 0.6) is 5.75 Å². The fraction of sp³-hybridized carbons (Fsp3) is 0.409. The fourth-order valence-corrected chi connectivity index (χ4v) is 5.12. The number of anilines is 1. The van der Waals surface area contributed by atoms with Gasteiger partial charge in [-0.05, 0) is 61.9 Å². The Hall–Kier alpha value is -2.54. The third-order valence-corrected chi connectivity index (χ3v) is 6.57. The van der Waals surface area contributed by atoms with Crippen LogP contribution in [0.25, 0.3) is 0 Å². The quantitative estimate of drug-likeness (QED) is 0.784. The molecule has 0 saturated heterocycles. The molecule has 0 heterocycles. The van der Waals surface area contributed by atoms with Gasteiger partial charge in [0.25, 0.3) is 0 Å². The zero-order chi connectivity index (χ0) is 21.2. The molecule has 0 unspecified atom stereocenters. The molecular weight excluding hydrogens is 388 g/mol. The monoisotopic (exact) mass is 416 g/mol. The Kier molecular flexibility index (Phi) is 6.17. The first-order chi connectivity index (χ1) is 13.7. The Morgan fingerprint density at radius 1 is 1.24 bits per heavy atom. The van der Waals surface area contributed by atoms with E-state index in [1.165, 1.54) is 12.7 Å². The van der Waals surface area contributed by atoms with E-state index in [2.05, 4.69) is 11.4 Å². The minimum absolute atomic E-state index is 0.115. The number of sulfonamides is 1. The van der Waals surface area contributed by atoms with Crippen LogP contribution in [0, 0.1) is 6.92 Å². The predicted molar refractivity (Wildman–Crippen MR) is 115 cm³/mol. The number of nitrogens with one attached hydrogen (secondary N) is 1. The molecule has 2 aromatic rings. The van der Waals surface area contributed by atoms with E-state index >= 15 is 0 Å². The van der Waals surface area contributed by atoms with Gasteiger partial charge in [-0.3, -0.25) is 9.10 Å². The number of methoxy groups -OCH3 is 1. The molecule has 0 aliphatic heterocycles. The van der Waals surface area contributed by atoms with Gasteiger partial charge in [-0.2, -0.15) is 0 Å². The number of carbonyl (C=O) groups is 1. The van der Waals surface area contributed by atoms with Crippen LogP contribution in [0.2, 0.25) is 0 Å². The van der Waals surface area contributed by atoms with E-state index < -0.39 is 16.1 Å². The number of amides is 1. The normalized spacial score (nSPS) is 17.2. The Morgan fingerprint density at radius 3 is 2.66 bits per heavy atom. The number of benzene rings is 2. The highest BCUT2D eigenvalue weighted by atomic mass is 32.2. The number of hydrogen-bond donors (Lipinski definition) is 1. The second-order valence-corrected chi connectivity index (χ2v) is 9.42. The van der Waals surface area contributed by atoms with Crippen molar-refractivity contribution in [2.75, 3.05) is 17.7 Å². The topological polar surface area (TPSA) is 75.7 Å². The second kappa shape index (κ2) is 8.45. The van der Waals surface area contributed by atoms with Crippen molar-refractivity contribution in [3.05, 3.63) is 59.2 Å². The lowest BCUT2D eigenvalue weighted by molar-refractivity contribution is -0.122. The van der Waals surface area contributed by atoms with E-state index in [4.69, 9.17) is 4.74 Å². The number of hydrogen-bond acceptors (Lipinski definition) is 4. The SMILES string of the molecule is COc1ccc(C)cc1N([C@@H](C)C(=O)N[C@H]1CCCc2ccccc21)S(C)(=O)=O. The number of ether oxygens (including phenoxy) is 1. The van der Waals surface area contributed by atoms with Crippen LogP contribution in [0.1, 0.15) is 42.5 Å². The maximum absolute atomic E-state index is 13.1. The summed E-state index contributed by atoms with van der Waals surface area (Å²) in [7, 11) is -2.24. The van der Waals surface area contributed by atoms with Gasteiger partial charge in [-0.1, -0.05) is 30.3 Å². The van der Waals surface area contributed by atoms with E-state index in [0.717, 1.165) is 41.0 Å². The van der Waals surface area contributed by atoms with Gasteiger partial charge < -0.3 is 10.1 Å². The first kappa shape index (κ1) is 21.2. The lowest BCUT2D eigenvalue weighted by atomic mass is 9.87. The molecule has 0 saturated carbocycles. The van der Waals surface area contributed by atoms with Crippen molar-refractivity contribution in [3.8, 4) is 5.75 Å². The summed E-state index contributed by atoms with van der Waals surface area (Å²) in [5, 5.41) is 3.06. The summed E-state index contributed by atoms with van der Waals surface area (Å²) < 4.78 is 31.8. The maximum atomic E-state index is 13.1. The molecule has 1 aliphatic rings. The van der Waals surface area contributed by atoms with E-state index in [0.29, 0.717) is 11.4 Å². The molecule has 6 nitrogen and oxygen atoms in total. The van der Waals surface area contributed by atoms with Gasteiger partial charge in [-0.25, -0.2) is 8.42 Å². The zero-order valence-corrected chi connectivity index (χ0v) is 18.1. The molecule has 0 aromatic heterocycles. The molecule has 3 rings (SSSR count). The molecule has 156 valence electrons.